The topological polar surface area (TPSA) is 52.9 Å². The molecule has 1 aliphatic rings. The van der Waals surface area contributed by atoms with E-state index in [4.69, 9.17) is 0 Å². The number of fused-ring (bicyclic) bond motifs is 1. The summed E-state index contributed by atoms with van der Waals surface area (Å²) in [5.41, 5.74) is 2.56. The Kier molecular flexibility index (Phi) is 3.61. The molecule has 0 unspecified atom stereocenters. The Morgan fingerprint density at radius 2 is 1.90 bits per heavy atom. The molecule has 0 fully saturated rings. The van der Waals surface area contributed by atoms with Crippen molar-refractivity contribution in [1.29, 1.82) is 0 Å². The van der Waals surface area contributed by atoms with E-state index in [-0.39, 0.29) is 12.5 Å². The lowest BCUT2D eigenvalue weighted by molar-refractivity contribution is -0.125. The average molecular weight is 345 g/mol. The van der Waals surface area contributed by atoms with Gasteiger partial charge in [0.2, 0.25) is 0 Å². The molecular formula is C16H13BrN2O2. The molecule has 0 atom stereocenters. The van der Waals surface area contributed by atoms with Gasteiger partial charge in [-0.25, -0.2) is 10.1 Å². The molecule has 1 amide bonds. The number of hydroxylamine groups is 2. The third-order valence-corrected chi connectivity index (χ3v) is 3.82. The van der Waals surface area contributed by atoms with E-state index in [1.807, 2.05) is 43.3 Å². The highest BCUT2D eigenvalue weighted by Crippen LogP contribution is 2.16. The van der Waals surface area contributed by atoms with Gasteiger partial charge in [-0.3, -0.25) is 10.0 Å². The molecule has 0 saturated heterocycles. The summed E-state index contributed by atoms with van der Waals surface area (Å²) < 4.78 is 0.865. The fraction of sp³-hybridized carbons (Fsp3) is 0.125. The molecule has 21 heavy (non-hydrogen) atoms. The minimum absolute atomic E-state index is 0.157. The molecule has 106 valence electrons. The lowest BCUT2D eigenvalue weighted by Gasteiger charge is -2.18. The van der Waals surface area contributed by atoms with E-state index >= 15 is 0 Å². The number of carbonyl (C=O) groups excluding carboxylic acids is 1. The standard InChI is InChI=1S/C16H13BrN2O2/c1-10-2-4-11(5-3-10)16-13-8-12(17)6-7-14(13)18-15(20)9-19(16)21/h2-8,21H,9H2,1H3. The third kappa shape index (κ3) is 2.75. The number of nitrogens with zero attached hydrogens (tertiary/aromatic N) is 2. The van der Waals surface area contributed by atoms with E-state index in [9.17, 15) is 10.0 Å². The summed E-state index contributed by atoms with van der Waals surface area (Å²) >= 11 is 3.42. The monoisotopic (exact) mass is 344 g/mol. The van der Waals surface area contributed by atoms with Crippen LogP contribution in [0.15, 0.2) is 51.9 Å². The third-order valence-electron chi connectivity index (χ3n) is 3.33. The zero-order chi connectivity index (χ0) is 15.0. The Hall–Kier alpha value is -1.98. The van der Waals surface area contributed by atoms with Crippen molar-refractivity contribution in [3.8, 4) is 0 Å². The minimum Gasteiger partial charge on any atom is -0.288 e. The van der Waals surface area contributed by atoms with Crippen LogP contribution in [-0.2, 0) is 4.79 Å². The first-order chi connectivity index (χ1) is 10.0. The van der Waals surface area contributed by atoms with Gasteiger partial charge in [0.05, 0.1) is 11.1 Å². The van der Waals surface area contributed by atoms with Gasteiger partial charge in [-0.2, -0.15) is 0 Å². The van der Waals surface area contributed by atoms with Crippen LogP contribution >= 0.6 is 15.9 Å². The summed E-state index contributed by atoms with van der Waals surface area (Å²) in [6.07, 6.45) is 0. The second kappa shape index (κ2) is 5.42. The normalized spacial score (nSPS) is 14.5. The Labute approximate surface area is 130 Å². The van der Waals surface area contributed by atoms with Gasteiger partial charge in [0.15, 0.2) is 0 Å². The number of hydrogen-bond acceptors (Lipinski definition) is 3. The first-order valence-corrected chi connectivity index (χ1v) is 7.29. The number of carbonyl (C=O) groups is 1. The maximum absolute atomic E-state index is 11.8. The average Bonchev–Trinajstić information content (AvgIpc) is 2.55. The van der Waals surface area contributed by atoms with Crippen molar-refractivity contribution in [2.45, 2.75) is 6.92 Å². The van der Waals surface area contributed by atoms with Gasteiger partial charge in [0.25, 0.3) is 5.91 Å². The summed E-state index contributed by atoms with van der Waals surface area (Å²) in [4.78, 5) is 15.8. The quantitative estimate of drug-likeness (QED) is 0.857. The first-order valence-electron chi connectivity index (χ1n) is 6.49. The Morgan fingerprint density at radius 1 is 1.19 bits per heavy atom. The van der Waals surface area contributed by atoms with E-state index in [1.165, 1.54) is 0 Å². The van der Waals surface area contributed by atoms with Gasteiger partial charge in [-0.15, -0.1) is 0 Å². The zero-order valence-electron chi connectivity index (χ0n) is 11.4. The summed E-state index contributed by atoms with van der Waals surface area (Å²) in [5.74, 6) is -0.372. The second-order valence-corrected chi connectivity index (χ2v) is 5.85. The molecule has 1 heterocycles. The van der Waals surface area contributed by atoms with Crippen molar-refractivity contribution in [3.05, 3.63) is 68.6 Å². The van der Waals surface area contributed by atoms with Crippen LogP contribution in [0.2, 0.25) is 0 Å². The van der Waals surface area contributed by atoms with Gasteiger partial charge >= 0.3 is 0 Å². The van der Waals surface area contributed by atoms with Gasteiger partial charge < -0.3 is 0 Å². The molecule has 0 radical (unpaired) electrons. The van der Waals surface area contributed by atoms with Crippen LogP contribution < -0.4 is 10.6 Å². The highest BCUT2D eigenvalue weighted by Gasteiger charge is 2.18. The first kappa shape index (κ1) is 14.0. The molecule has 0 saturated carbocycles. The Balaban J connectivity index is 2.39. The van der Waals surface area contributed by atoms with E-state index in [0.717, 1.165) is 25.9 Å². The van der Waals surface area contributed by atoms with Crippen LogP contribution in [-0.4, -0.2) is 22.7 Å². The molecule has 1 N–H and O–H groups in total. The predicted octanol–water partition coefficient (Wildman–Crippen LogP) is 1.77. The maximum atomic E-state index is 11.8. The Morgan fingerprint density at radius 3 is 2.62 bits per heavy atom. The molecule has 1 aliphatic heterocycles. The molecule has 0 aromatic heterocycles. The number of amides is 1. The van der Waals surface area contributed by atoms with E-state index < -0.39 is 0 Å². The van der Waals surface area contributed by atoms with Crippen LogP contribution in [0.4, 0.5) is 0 Å². The van der Waals surface area contributed by atoms with Crippen LogP contribution in [0.1, 0.15) is 11.1 Å². The number of rotatable bonds is 1. The smallest absolute Gasteiger partial charge is 0.268 e. The lowest BCUT2D eigenvalue weighted by atomic mass is 10.1. The molecule has 0 aliphatic carbocycles. The molecule has 4 nitrogen and oxygen atoms in total. The molecule has 0 spiro atoms. The zero-order valence-corrected chi connectivity index (χ0v) is 13.0. The van der Waals surface area contributed by atoms with Crippen LogP contribution in [0.3, 0.4) is 0 Å². The molecular weight excluding hydrogens is 332 g/mol. The van der Waals surface area contributed by atoms with Crippen molar-refractivity contribution in [1.82, 2.24) is 5.06 Å². The number of halogens is 1. The fourth-order valence-corrected chi connectivity index (χ4v) is 2.69. The highest BCUT2D eigenvalue weighted by molar-refractivity contribution is 9.10. The lowest BCUT2D eigenvalue weighted by Crippen LogP contribution is -2.31. The number of hydrogen-bond donors (Lipinski definition) is 1. The van der Waals surface area contributed by atoms with Crippen molar-refractivity contribution in [2.75, 3.05) is 6.54 Å². The minimum atomic E-state index is -0.372. The molecule has 2 aromatic rings. The molecule has 5 heteroatoms. The predicted molar refractivity (Wildman–Crippen MR) is 82.1 cm³/mol. The van der Waals surface area contributed by atoms with Gasteiger partial charge in [-0.1, -0.05) is 45.8 Å². The second-order valence-electron chi connectivity index (χ2n) is 4.94. The summed E-state index contributed by atoms with van der Waals surface area (Å²) in [6, 6.07) is 13.2. The van der Waals surface area contributed by atoms with Crippen molar-refractivity contribution in [3.63, 3.8) is 0 Å². The summed E-state index contributed by atoms with van der Waals surface area (Å²) in [7, 11) is 0. The van der Waals surface area contributed by atoms with E-state index in [0.29, 0.717) is 11.1 Å². The summed E-state index contributed by atoms with van der Waals surface area (Å²) in [6.45, 7) is 1.84. The summed E-state index contributed by atoms with van der Waals surface area (Å²) in [5, 5.41) is 12.5. The fourth-order valence-electron chi connectivity index (χ4n) is 2.33. The molecule has 3 rings (SSSR count). The van der Waals surface area contributed by atoms with Crippen LogP contribution in [0, 0.1) is 6.92 Å². The largest absolute Gasteiger partial charge is 0.288 e. The van der Waals surface area contributed by atoms with E-state index in [1.54, 1.807) is 6.07 Å². The van der Waals surface area contributed by atoms with Crippen LogP contribution in [0.25, 0.3) is 5.70 Å². The van der Waals surface area contributed by atoms with Gasteiger partial charge in [0, 0.05) is 15.3 Å². The Bertz CT molecular complexity index is 828. The van der Waals surface area contributed by atoms with Crippen LogP contribution in [0.5, 0.6) is 0 Å². The molecule has 2 aromatic carbocycles. The van der Waals surface area contributed by atoms with Crippen molar-refractivity contribution in [2.24, 2.45) is 4.99 Å². The van der Waals surface area contributed by atoms with Crippen molar-refractivity contribution < 1.29 is 10.0 Å². The van der Waals surface area contributed by atoms with Gasteiger partial charge in [0.1, 0.15) is 6.54 Å². The highest BCUT2D eigenvalue weighted by atomic mass is 79.9. The van der Waals surface area contributed by atoms with E-state index in [2.05, 4.69) is 20.9 Å². The van der Waals surface area contributed by atoms with Gasteiger partial charge in [-0.05, 0) is 25.1 Å². The van der Waals surface area contributed by atoms with Crippen molar-refractivity contribution >= 4 is 27.5 Å². The maximum Gasteiger partial charge on any atom is 0.268 e. The number of benzene rings is 2. The molecule has 0 bridgehead atoms. The number of aryl methyl sites for hydroxylation is 1. The SMILES string of the molecule is Cc1ccc(C2=c3cc(Br)ccc3=NC(=O)CN2O)cc1.